The summed E-state index contributed by atoms with van der Waals surface area (Å²) in [6.45, 7) is 1.88. The van der Waals surface area contributed by atoms with E-state index in [1.807, 2.05) is 37.3 Å². The molecule has 0 aliphatic rings. The van der Waals surface area contributed by atoms with Crippen LogP contribution >= 0.6 is 0 Å². The van der Waals surface area contributed by atoms with Gasteiger partial charge in [-0.05, 0) is 42.3 Å². The first-order valence-corrected chi connectivity index (χ1v) is 10.3. The van der Waals surface area contributed by atoms with Gasteiger partial charge < -0.3 is 4.98 Å². The summed E-state index contributed by atoms with van der Waals surface area (Å²) < 4.78 is 29.5. The lowest BCUT2D eigenvalue weighted by atomic mass is 10.0. The summed E-state index contributed by atoms with van der Waals surface area (Å²) in [5.41, 5.74) is 5.33. The van der Waals surface area contributed by atoms with Gasteiger partial charge in [0.25, 0.3) is 0 Å². The number of aromatic amines is 2. The molecular formula is C25H16F2N6. The van der Waals surface area contributed by atoms with Gasteiger partial charge in [-0.15, -0.1) is 0 Å². The zero-order chi connectivity index (χ0) is 22.5. The number of aromatic nitrogens is 6. The van der Waals surface area contributed by atoms with Gasteiger partial charge >= 0.3 is 0 Å². The van der Waals surface area contributed by atoms with Gasteiger partial charge in [0.05, 0.1) is 28.1 Å². The first-order chi connectivity index (χ1) is 16.1. The van der Waals surface area contributed by atoms with Crippen molar-refractivity contribution < 1.29 is 8.78 Å². The number of hydrogen-bond donors (Lipinski definition) is 2. The molecule has 0 amide bonds. The van der Waals surface area contributed by atoms with Crippen LogP contribution in [-0.4, -0.2) is 30.1 Å². The fourth-order valence-electron chi connectivity index (χ4n) is 4.08. The monoisotopic (exact) mass is 438 g/mol. The van der Waals surface area contributed by atoms with Crippen molar-refractivity contribution in [2.75, 3.05) is 0 Å². The van der Waals surface area contributed by atoms with Gasteiger partial charge in [-0.3, -0.25) is 15.1 Å². The second kappa shape index (κ2) is 7.30. The summed E-state index contributed by atoms with van der Waals surface area (Å²) in [5, 5.41) is 7.45. The Morgan fingerprint density at radius 1 is 0.879 bits per heavy atom. The van der Waals surface area contributed by atoms with Gasteiger partial charge in [-0.1, -0.05) is 24.3 Å². The Morgan fingerprint density at radius 2 is 1.76 bits per heavy atom. The molecule has 33 heavy (non-hydrogen) atoms. The Morgan fingerprint density at radius 3 is 2.61 bits per heavy atom. The SMILES string of the molecule is Cc1ccncc1-c1ncc2[nH]nc(-c3nc4c(-c5cccc(F)c5)cccc4[nH]3)c2c1F. The molecule has 0 aliphatic carbocycles. The molecule has 0 aliphatic heterocycles. The predicted octanol–water partition coefficient (Wildman–Crippen LogP) is 5.82. The third kappa shape index (κ3) is 3.07. The van der Waals surface area contributed by atoms with E-state index in [0.717, 1.165) is 16.6 Å². The zero-order valence-electron chi connectivity index (χ0n) is 17.4. The standard InChI is InChI=1S/C25H16F2N6/c1-13-8-9-28-11-17(13)23-21(27)20-19(12-29-23)32-33-24(20)25-30-18-7-3-6-16(22(18)31-25)14-4-2-5-15(26)10-14/h2-12H,1H3,(H,30,31)(H,32,33). The number of para-hydroxylation sites is 1. The predicted molar refractivity (Wildman–Crippen MR) is 122 cm³/mol. The highest BCUT2D eigenvalue weighted by molar-refractivity contribution is 5.98. The van der Waals surface area contributed by atoms with E-state index in [4.69, 9.17) is 4.98 Å². The highest BCUT2D eigenvalue weighted by atomic mass is 19.1. The number of benzene rings is 2. The lowest BCUT2D eigenvalue weighted by Crippen LogP contribution is -1.94. The fraction of sp³-hybridized carbons (Fsp3) is 0.0400. The largest absolute Gasteiger partial charge is 0.337 e. The average Bonchev–Trinajstić information content (AvgIpc) is 3.44. The third-order valence-corrected chi connectivity index (χ3v) is 5.71. The van der Waals surface area contributed by atoms with Crippen LogP contribution in [0.25, 0.3) is 55.8 Å². The van der Waals surface area contributed by atoms with Crippen LogP contribution in [0.2, 0.25) is 0 Å². The maximum atomic E-state index is 15.7. The molecule has 0 radical (unpaired) electrons. The number of rotatable bonds is 3. The van der Waals surface area contributed by atoms with E-state index in [1.165, 1.54) is 12.1 Å². The highest BCUT2D eigenvalue weighted by Crippen LogP contribution is 2.35. The van der Waals surface area contributed by atoms with E-state index in [1.54, 1.807) is 24.7 Å². The second-order valence-corrected chi connectivity index (χ2v) is 7.77. The van der Waals surface area contributed by atoms with Crippen molar-refractivity contribution in [1.82, 2.24) is 30.1 Å². The number of imidazole rings is 1. The van der Waals surface area contributed by atoms with Gasteiger partial charge in [0.1, 0.15) is 17.2 Å². The van der Waals surface area contributed by atoms with Gasteiger partial charge in [-0.25, -0.2) is 13.8 Å². The summed E-state index contributed by atoms with van der Waals surface area (Å²) in [4.78, 5) is 16.3. The van der Waals surface area contributed by atoms with Crippen LogP contribution in [0, 0.1) is 18.6 Å². The van der Waals surface area contributed by atoms with Crippen LogP contribution in [0.15, 0.2) is 67.1 Å². The molecule has 2 aromatic carbocycles. The number of aryl methyl sites for hydroxylation is 1. The lowest BCUT2D eigenvalue weighted by Gasteiger charge is -2.06. The molecule has 2 N–H and O–H groups in total. The summed E-state index contributed by atoms with van der Waals surface area (Å²) in [6, 6.07) is 13.7. The molecule has 0 spiro atoms. The van der Waals surface area contributed by atoms with Gasteiger partial charge in [0, 0.05) is 23.5 Å². The summed E-state index contributed by atoms with van der Waals surface area (Å²) in [7, 11) is 0. The summed E-state index contributed by atoms with van der Waals surface area (Å²) in [5.74, 6) is -0.427. The maximum Gasteiger partial charge on any atom is 0.161 e. The molecule has 160 valence electrons. The minimum Gasteiger partial charge on any atom is -0.337 e. The Labute approximate surface area is 186 Å². The number of hydrogen-bond acceptors (Lipinski definition) is 4. The van der Waals surface area contributed by atoms with Gasteiger partial charge in [0.2, 0.25) is 0 Å². The number of nitrogens with one attached hydrogen (secondary N) is 2. The van der Waals surface area contributed by atoms with Crippen LogP contribution in [0.1, 0.15) is 5.56 Å². The Balaban J connectivity index is 1.56. The molecule has 4 aromatic heterocycles. The molecule has 6 rings (SSSR count). The second-order valence-electron chi connectivity index (χ2n) is 7.77. The maximum absolute atomic E-state index is 15.7. The normalized spacial score (nSPS) is 11.5. The molecule has 4 heterocycles. The molecule has 6 aromatic rings. The lowest BCUT2D eigenvalue weighted by molar-refractivity contribution is 0.628. The topological polar surface area (TPSA) is 83.1 Å². The molecule has 0 saturated carbocycles. The van der Waals surface area contributed by atoms with Crippen molar-refractivity contribution in [3.05, 3.63) is 84.3 Å². The highest BCUT2D eigenvalue weighted by Gasteiger charge is 2.21. The van der Waals surface area contributed by atoms with Crippen LogP contribution in [0.3, 0.4) is 0 Å². The van der Waals surface area contributed by atoms with Crippen LogP contribution in [0.4, 0.5) is 8.78 Å². The fourth-order valence-corrected chi connectivity index (χ4v) is 4.08. The zero-order valence-corrected chi connectivity index (χ0v) is 17.4. The van der Waals surface area contributed by atoms with E-state index in [0.29, 0.717) is 33.7 Å². The first kappa shape index (κ1) is 19.2. The number of fused-ring (bicyclic) bond motifs is 2. The van der Waals surface area contributed by atoms with Crippen LogP contribution in [-0.2, 0) is 0 Å². The Bertz CT molecular complexity index is 1670. The number of pyridine rings is 2. The summed E-state index contributed by atoms with van der Waals surface area (Å²) in [6.07, 6.45) is 4.81. The Hall–Kier alpha value is -4.46. The van der Waals surface area contributed by atoms with Crippen LogP contribution < -0.4 is 0 Å². The van der Waals surface area contributed by atoms with E-state index in [9.17, 15) is 4.39 Å². The van der Waals surface area contributed by atoms with E-state index in [2.05, 4.69) is 25.1 Å². The smallest absolute Gasteiger partial charge is 0.161 e. The quantitative estimate of drug-likeness (QED) is 0.365. The van der Waals surface area contributed by atoms with Crippen molar-refractivity contribution in [2.24, 2.45) is 0 Å². The molecule has 0 saturated heterocycles. The van der Waals surface area contributed by atoms with E-state index in [-0.39, 0.29) is 16.9 Å². The minimum absolute atomic E-state index is 0.201. The molecule has 0 unspecified atom stereocenters. The van der Waals surface area contributed by atoms with E-state index < -0.39 is 5.82 Å². The number of H-pyrrole nitrogens is 2. The van der Waals surface area contributed by atoms with Crippen molar-refractivity contribution in [3.63, 3.8) is 0 Å². The number of nitrogens with zero attached hydrogens (tertiary/aromatic N) is 4. The van der Waals surface area contributed by atoms with Gasteiger partial charge in [-0.2, -0.15) is 5.10 Å². The molecular weight excluding hydrogens is 422 g/mol. The summed E-state index contributed by atoms with van der Waals surface area (Å²) >= 11 is 0. The van der Waals surface area contributed by atoms with Crippen molar-refractivity contribution >= 4 is 21.9 Å². The number of halogens is 2. The molecule has 0 atom stereocenters. The molecule has 8 heteroatoms. The minimum atomic E-state index is -0.502. The van der Waals surface area contributed by atoms with Crippen molar-refractivity contribution in [2.45, 2.75) is 6.92 Å². The van der Waals surface area contributed by atoms with Crippen LogP contribution in [0.5, 0.6) is 0 Å². The van der Waals surface area contributed by atoms with Crippen molar-refractivity contribution in [3.8, 4) is 33.9 Å². The third-order valence-electron chi connectivity index (χ3n) is 5.71. The molecule has 6 nitrogen and oxygen atoms in total. The molecule has 0 fully saturated rings. The Kier molecular flexibility index (Phi) is 4.26. The van der Waals surface area contributed by atoms with E-state index >= 15 is 4.39 Å². The average molecular weight is 438 g/mol. The van der Waals surface area contributed by atoms with Gasteiger partial charge in [0.15, 0.2) is 11.6 Å². The molecule has 0 bridgehead atoms. The first-order valence-electron chi connectivity index (χ1n) is 10.3. The van der Waals surface area contributed by atoms with Crippen molar-refractivity contribution in [1.29, 1.82) is 0 Å².